The van der Waals surface area contributed by atoms with Crippen LogP contribution in [0.25, 0.3) is 0 Å². The zero-order valence-electron chi connectivity index (χ0n) is 19.5. The average molecular weight is 504 g/mol. The Bertz CT molecular complexity index is 818. The molecule has 0 fully saturated rings. The summed E-state index contributed by atoms with van der Waals surface area (Å²) in [7, 11) is 0. The summed E-state index contributed by atoms with van der Waals surface area (Å²) < 4.78 is 0. The molecule has 0 aliphatic rings. The Balaban J connectivity index is 5.64. The summed E-state index contributed by atoms with van der Waals surface area (Å²) in [6.07, 6.45) is -2.13. The molecule has 5 unspecified atom stereocenters. The minimum absolute atomic E-state index is 0.281. The number of nitrogens with two attached hydrogens (primary N) is 2. The highest BCUT2D eigenvalue weighted by atomic mass is 16.4. The third-order valence-electron chi connectivity index (χ3n) is 5.15. The predicted molar refractivity (Wildman–Crippen MR) is 118 cm³/mol. The lowest BCUT2D eigenvalue weighted by atomic mass is 9.99. The molecule has 0 aromatic rings. The second kappa shape index (κ2) is 15.2. The number of carboxylic acids is 3. The van der Waals surface area contributed by atoms with Crippen LogP contribution >= 0.6 is 0 Å². The van der Waals surface area contributed by atoms with Crippen LogP contribution in [-0.2, 0) is 33.6 Å². The lowest BCUT2D eigenvalue weighted by Gasteiger charge is -2.25. The number of carbonyl (C=O) groups excluding carboxylic acids is 4. The van der Waals surface area contributed by atoms with E-state index in [1.807, 2.05) is 0 Å². The Hall–Kier alpha value is -3.75. The second-order valence-corrected chi connectivity index (χ2v) is 7.97. The Kier molecular flexibility index (Phi) is 13.6. The normalized spacial score (nSPS) is 14.9. The molecule has 0 aliphatic carbocycles. The number of carboxylic acid groups (broad SMARTS) is 3. The highest BCUT2D eigenvalue weighted by Crippen LogP contribution is 2.07. The van der Waals surface area contributed by atoms with Gasteiger partial charge in [0.15, 0.2) is 0 Å². The van der Waals surface area contributed by atoms with E-state index in [1.165, 1.54) is 0 Å². The molecule has 0 rings (SSSR count). The number of nitrogens with one attached hydrogen (secondary N) is 3. The maximum atomic E-state index is 12.8. The number of rotatable bonds is 17. The molecule has 4 amide bonds. The van der Waals surface area contributed by atoms with Gasteiger partial charge < -0.3 is 42.7 Å². The Labute approximate surface area is 201 Å². The zero-order valence-corrected chi connectivity index (χ0v) is 19.5. The van der Waals surface area contributed by atoms with Crippen LogP contribution in [0.5, 0.6) is 0 Å². The number of hydrogen-bond donors (Lipinski definition) is 8. The van der Waals surface area contributed by atoms with Gasteiger partial charge in [-0.15, -0.1) is 0 Å². The van der Waals surface area contributed by atoms with Gasteiger partial charge in [-0.05, 0) is 18.8 Å². The van der Waals surface area contributed by atoms with Crippen molar-refractivity contribution in [2.45, 2.75) is 76.5 Å². The molecule has 15 nitrogen and oxygen atoms in total. The van der Waals surface area contributed by atoms with E-state index >= 15 is 0 Å². The van der Waals surface area contributed by atoms with E-state index in [0.29, 0.717) is 6.42 Å². The maximum Gasteiger partial charge on any atom is 0.326 e. The number of hydrogen-bond acceptors (Lipinski definition) is 8. The lowest BCUT2D eigenvalue weighted by molar-refractivity contribution is -0.144. The van der Waals surface area contributed by atoms with Gasteiger partial charge in [-0.1, -0.05) is 20.3 Å². The largest absolute Gasteiger partial charge is 0.481 e. The van der Waals surface area contributed by atoms with Crippen molar-refractivity contribution in [3.05, 3.63) is 0 Å². The third kappa shape index (κ3) is 12.3. The van der Waals surface area contributed by atoms with Crippen molar-refractivity contribution in [1.29, 1.82) is 0 Å². The molecule has 0 saturated carbocycles. The molecule has 0 aliphatic heterocycles. The minimum Gasteiger partial charge on any atom is -0.481 e. The first-order valence-corrected chi connectivity index (χ1v) is 10.8. The smallest absolute Gasteiger partial charge is 0.326 e. The van der Waals surface area contributed by atoms with Crippen molar-refractivity contribution in [3.63, 3.8) is 0 Å². The SMILES string of the molecule is CCC(C)C(N)C(=O)NC(CC(=O)O)C(=O)NC(CCC(N)=O)C(=O)NC(CCC(=O)O)C(=O)O. The van der Waals surface area contributed by atoms with Crippen molar-refractivity contribution in [2.75, 3.05) is 0 Å². The topological polar surface area (TPSA) is 268 Å². The molecule has 35 heavy (non-hydrogen) atoms. The number of carbonyl (C=O) groups is 7. The summed E-state index contributed by atoms with van der Waals surface area (Å²) in [4.78, 5) is 82.2. The van der Waals surface area contributed by atoms with E-state index in [1.54, 1.807) is 13.8 Å². The molecule has 0 radical (unpaired) electrons. The van der Waals surface area contributed by atoms with Gasteiger partial charge in [0.1, 0.15) is 18.1 Å². The standard InChI is InChI=1S/C20H33N5O10/c1-3-9(2)16(22)19(33)25-12(8-15(29)30)18(32)23-10(4-6-13(21)26)17(31)24-11(20(34)35)5-7-14(27)28/h9-12,16H,3-8,22H2,1-2H3,(H2,21,26)(H,23,32)(H,24,31)(H,25,33)(H,27,28)(H,29,30)(H,34,35). The molecular weight excluding hydrogens is 470 g/mol. The van der Waals surface area contributed by atoms with Crippen molar-refractivity contribution in [2.24, 2.45) is 17.4 Å². The molecule has 0 aromatic heterocycles. The van der Waals surface area contributed by atoms with Gasteiger partial charge in [0, 0.05) is 12.8 Å². The first-order valence-electron chi connectivity index (χ1n) is 10.8. The van der Waals surface area contributed by atoms with Crippen molar-refractivity contribution >= 4 is 41.5 Å². The van der Waals surface area contributed by atoms with E-state index in [2.05, 4.69) is 16.0 Å². The quantitative estimate of drug-likeness (QED) is 0.103. The molecule has 198 valence electrons. The van der Waals surface area contributed by atoms with Crippen molar-refractivity contribution in [1.82, 2.24) is 16.0 Å². The van der Waals surface area contributed by atoms with Crippen LogP contribution in [-0.4, -0.2) is 81.0 Å². The summed E-state index contributed by atoms with van der Waals surface area (Å²) in [6.45, 7) is 3.46. The van der Waals surface area contributed by atoms with Crippen LogP contribution in [0.4, 0.5) is 0 Å². The van der Waals surface area contributed by atoms with Gasteiger partial charge in [0.2, 0.25) is 23.6 Å². The summed E-state index contributed by atoms with van der Waals surface area (Å²) in [6, 6.07) is -5.84. The Morgan fingerprint density at radius 2 is 1.23 bits per heavy atom. The van der Waals surface area contributed by atoms with Gasteiger partial charge in [0.25, 0.3) is 0 Å². The van der Waals surface area contributed by atoms with Crippen molar-refractivity contribution < 1.29 is 48.9 Å². The number of amides is 4. The monoisotopic (exact) mass is 503 g/mol. The zero-order chi connectivity index (χ0) is 27.3. The molecule has 0 bridgehead atoms. The fraction of sp³-hybridized carbons (Fsp3) is 0.650. The van der Waals surface area contributed by atoms with Gasteiger partial charge in [-0.25, -0.2) is 4.79 Å². The predicted octanol–water partition coefficient (Wildman–Crippen LogP) is -2.50. The van der Waals surface area contributed by atoms with Crippen LogP contribution < -0.4 is 27.4 Å². The van der Waals surface area contributed by atoms with E-state index < -0.39 is 91.4 Å². The van der Waals surface area contributed by atoms with Crippen LogP contribution in [0, 0.1) is 5.92 Å². The van der Waals surface area contributed by atoms with Gasteiger partial charge in [-0.3, -0.25) is 28.8 Å². The van der Waals surface area contributed by atoms with Gasteiger partial charge in [-0.2, -0.15) is 0 Å². The summed E-state index contributed by atoms with van der Waals surface area (Å²) in [5.74, 6) is -8.36. The second-order valence-electron chi connectivity index (χ2n) is 7.97. The van der Waals surface area contributed by atoms with Crippen LogP contribution in [0.2, 0.25) is 0 Å². The molecule has 5 atom stereocenters. The summed E-state index contributed by atoms with van der Waals surface area (Å²) in [5, 5.41) is 33.6. The number of aliphatic carboxylic acids is 3. The van der Waals surface area contributed by atoms with E-state index in [9.17, 15) is 38.7 Å². The molecule has 0 spiro atoms. The first kappa shape index (κ1) is 31.2. The third-order valence-corrected chi connectivity index (χ3v) is 5.15. The van der Waals surface area contributed by atoms with Gasteiger partial charge in [0.05, 0.1) is 12.5 Å². The van der Waals surface area contributed by atoms with Crippen LogP contribution in [0.3, 0.4) is 0 Å². The first-order chi connectivity index (χ1) is 16.2. The van der Waals surface area contributed by atoms with E-state index in [-0.39, 0.29) is 12.3 Å². The fourth-order valence-electron chi connectivity index (χ4n) is 2.79. The Morgan fingerprint density at radius 3 is 1.69 bits per heavy atom. The van der Waals surface area contributed by atoms with E-state index in [4.69, 9.17) is 21.7 Å². The molecule has 0 saturated heterocycles. The Morgan fingerprint density at radius 1 is 0.743 bits per heavy atom. The summed E-state index contributed by atoms with van der Waals surface area (Å²) >= 11 is 0. The molecule has 10 N–H and O–H groups in total. The molecule has 0 heterocycles. The molecule has 15 heteroatoms. The van der Waals surface area contributed by atoms with Crippen molar-refractivity contribution in [3.8, 4) is 0 Å². The average Bonchev–Trinajstić information content (AvgIpc) is 2.76. The van der Waals surface area contributed by atoms with Crippen LogP contribution in [0.1, 0.15) is 52.4 Å². The molecular formula is C20H33N5O10. The van der Waals surface area contributed by atoms with Gasteiger partial charge >= 0.3 is 17.9 Å². The minimum atomic E-state index is -1.64. The highest BCUT2D eigenvalue weighted by Gasteiger charge is 2.32. The lowest BCUT2D eigenvalue weighted by Crippen LogP contribution is -2.58. The molecule has 0 aromatic carbocycles. The maximum absolute atomic E-state index is 12.8. The number of primary amides is 1. The highest BCUT2D eigenvalue weighted by molar-refractivity contribution is 5.96. The van der Waals surface area contributed by atoms with Crippen LogP contribution in [0.15, 0.2) is 0 Å². The van der Waals surface area contributed by atoms with E-state index in [0.717, 1.165) is 0 Å². The summed E-state index contributed by atoms with van der Waals surface area (Å²) in [5.41, 5.74) is 10.9. The fourth-order valence-corrected chi connectivity index (χ4v) is 2.79.